The second-order valence-electron chi connectivity index (χ2n) is 7.14. The fourth-order valence-electron chi connectivity index (χ4n) is 3.18. The second kappa shape index (κ2) is 9.13. The molecule has 0 radical (unpaired) electrons. The van der Waals surface area contributed by atoms with Crippen LogP contribution in [0.3, 0.4) is 0 Å². The van der Waals surface area contributed by atoms with Crippen LogP contribution < -0.4 is 9.62 Å². The van der Waals surface area contributed by atoms with Crippen LogP contribution in [-0.4, -0.2) is 20.9 Å². The Hall–Kier alpha value is -3.12. The molecule has 0 fully saturated rings. The summed E-state index contributed by atoms with van der Waals surface area (Å²) in [6, 6.07) is 21.2. The van der Waals surface area contributed by atoms with E-state index in [4.69, 9.17) is 0 Å². The summed E-state index contributed by atoms with van der Waals surface area (Å²) in [6.45, 7) is 5.52. The Morgan fingerprint density at radius 2 is 1.57 bits per heavy atom. The number of hydrogen-bond acceptors (Lipinski definition) is 3. The van der Waals surface area contributed by atoms with Gasteiger partial charge in [-0.15, -0.1) is 0 Å². The van der Waals surface area contributed by atoms with Crippen LogP contribution in [-0.2, 0) is 21.2 Å². The van der Waals surface area contributed by atoms with Crippen molar-refractivity contribution in [2.75, 3.05) is 16.2 Å². The first-order chi connectivity index (χ1) is 14.3. The monoisotopic (exact) mass is 422 g/mol. The smallest absolute Gasteiger partial charge is 0.264 e. The molecule has 0 aliphatic carbocycles. The maximum absolute atomic E-state index is 13.4. The molecule has 6 heteroatoms. The first-order valence-corrected chi connectivity index (χ1v) is 11.3. The van der Waals surface area contributed by atoms with Gasteiger partial charge >= 0.3 is 0 Å². The lowest BCUT2D eigenvalue weighted by Gasteiger charge is -2.26. The van der Waals surface area contributed by atoms with Crippen LogP contribution in [0.1, 0.15) is 23.6 Å². The summed E-state index contributed by atoms with van der Waals surface area (Å²) in [5.41, 5.74) is 4.07. The number of carbonyl (C=O) groups excluding carboxylic acids is 1. The van der Waals surface area contributed by atoms with Gasteiger partial charge in [-0.3, -0.25) is 9.10 Å². The van der Waals surface area contributed by atoms with Crippen LogP contribution in [0.5, 0.6) is 0 Å². The molecule has 0 aliphatic rings. The van der Waals surface area contributed by atoms with Gasteiger partial charge in [0.05, 0.1) is 10.6 Å². The summed E-state index contributed by atoms with van der Waals surface area (Å²) in [6.07, 6.45) is 0.907. The van der Waals surface area contributed by atoms with Crippen molar-refractivity contribution in [3.63, 3.8) is 0 Å². The van der Waals surface area contributed by atoms with Gasteiger partial charge in [0.1, 0.15) is 6.54 Å². The standard InChI is InChI=1S/C24H26N2O3S/c1-4-20-13-15-21(16-14-20)25-24(27)17-26(23-12-8-9-18(2)19(23)3)30(28,29)22-10-6-5-7-11-22/h5-16H,4,17H2,1-3H3,(H,25,27). The third-order valence-corrected chi connectivity index (χ3v) is 6.88. The Kier molecular flexibility index (Phi) is 6.57. The minimum absolute atomic E-state index is 0.144. The largest absolute Gasteiger partial charge is 0.325 e. The zero-order valence-corrected chi connectivity index (χ0v) is 18.2. The van der Waals surface area contributed by atoms with Gasteiger partial charge in [0, 0.05) is 5.69 Å². The highest BCUT2D eigenvalue weighted by Gasteiger charge is 2.28. The van der Waals surface area contributed by atoms with Gasteiger partial charge in [0.15, 0.2) is 0 Å². The number of benzene rings is 3. The molecule has 0 aromatic heterocycles. The minimum atomic E-state index is -3.92. The van der Waals surface area contributed by atoms with Crippen LogP contribution in [0.25, 0.3) is 0 Å². The van der Waals surface area contributed by atoms with Crippen molar-refractivity contribution in [2.24, 2.45) is 0 Å². The SMILES string of the molecule is CCc1ccc(NC(=O)CN(c2cccc(C)c2C)S(=O)(=O)c2ccccc2)cc1. The normalized spacial score (nSPS) is 11.2. The number of hydrogen-bond donors (Lipinski definition) is 1. The molecule has 0 heterocycles. The van der Waals surface area contributed by atoms with E-state index >= 15 is 0 Å². The van der Waals surface area contributed by atoms with E-state index < -0.39 is 15.9 Å². The lowest BCUT2D eigenvalue weighted by atomic mass is 10.1. The third-order valence-electron chi connectivity index (χ3n) is 5.11. The Morgan fingerprint density at radius 1 is 0.900 bits per heavy atom. The van der Waals surface area contributed by atoms with Gasteiger partial charge in [0.25, 0.3) is 10.0 Å². The van der Waals surface area contributed by atoms with E-state index in [-0.39, 0.29) is 11.4 Å². The fraction of sp³-hybridized carbons (Fsp3) is 0.208. The van der Waals surface area contributed by atoms with E-state index in [0.717, 1.165) is 23.1 Å². The summed E-state index contributed by atoms with van der Waals surface area (Å²) in [5.74, 6) is -0.403. The Bertz CT molecular complexity index is 1120. The van der Waals surface area contributed by atoms with E-state index in [9.17, 15) is 13.2 Å². The molecule has 0 spiro atoms. The molecule has 3 rings (SSSR count). The number of anilines is 2. The number of aryl methyl sites for hydroxylation is 2. The minimum Gasteiger partial charge on any atom is -0.325 e. The number of carbonyl (C=O) groups is 1. The number of amides is 1. The van der Waals surface area contributed by atoms with Gasteiger partial charge in [-0.1, -0.05) is 49.4 Å². The lowest BCUT2D eigenvalue weighted by Crippen LogP contribution is -2.38. The third kappa shape index (κ3) is 4.71. The predicted molar refractivity (Wildman–Crippen MR) is 121 cm³/mol. The summed E-state index contributed by atoms with van der Waals surface area (Å²) in [4.78, 5) is 13.0. The molecule has 0 atom stereocenters. The highest BCUT2D eigenvalue weighted by molar-refractivity contribution is 7.92. The van der Waals surface area contributed by atoms with Crippen molar-refractivity contribution < 1.29 is 13.2 Å². The molecule has 3 aromatic carbocycles. The average Bonchev–Trinajstić information content (AvgIpc) is 2.75. The molecule has 0 unspecified atom stereocenters. The number of sulfonamides is 1. The van der Waals surface area contributed by atoms with Crippen molar-refractivity contribution in [2.45, 2.75) is 32.1 Å². The first kappa shape index (κ1) is 21.6. The summed E-state index contributed by atoms with van der Waals surface area (Å²) in [7, 11) is -3.92. The van der Waals surface area contributed by atoms with Gasteiger partial charge < -0.3 is 5.32 Å². The van der Waals surface area contributed by atoms with E-state index in [2.05, 4.69) is 12.2 Å². The number of nitrogens with zero attached hydrogens (tertiary/aromatic N) is 1. The molecule has 1 N–H and O–H groups in total. The van der Waals surface area contributed by atoms with Crippen molar-refractivity contribution in [3.8, 4) is 0 Å². The molecular formula is C24H26N2O3S. The summed E-state index contributed by atoms with van der Waals surface area (Å²) < 4.78 is 28.0. The Morgan fingerprint density at radius 3 is 2.20 bits per heavy atom. The van der Waals surface area contributed by atoms with Crippen molar-refractivity contribution in [1.82, 2.24) is 0 Å². The molecule has 5 nitrogen and oxygen atoms in total. The molecule has 156 valence electrons. The van der Waals surface area contributed by atoms with E-state index in [0.29, 0.717) is 11.4 Å². The van der Waals surface area contributed by atoms with Crippen LogP contribution in [0.15, 0.2) is 77.7 Å². The summed E-state index contributed by atoms with van der Waals surface area (Å²) in [5, 5.41) is 2.81. The molecule has 0 bridgehead atoms. The van der Waals surface area contributed by atoms with E-state index in [1.54, 1.807) is 30.3 Å². The van der Waals surface area contributed by atoms with E-state index in [1.807, 2.05) is 44.2 Å². The molecule has 3 aromatic rings. The molecule has 30 heavy (non-hydrogen) atoms. The van der Waals surface area contributed by atoms with Crippen LogP contribution >= 0.6 is 0 Å². The topological polar surface area (TPSA) is 66.5 Å². The Labute approximate surface area is 178 Å². The van der Waals surface area contributed by atoms with Crippen molar-refractivity contribution in [3.05, 3.63) is 89.5 Å². The van der Waals surface area contributed by atoms with E-state index in [1.165, 1.54) is 16.4 Å². The van der Waals surface area contributed by atoms with Gasteiger partial charge in [0.2, 0.25) is 5.91 Å². The quantitative estimate of drug-likeness (QED) is 0.600. The second-order valence-corrected chi connectivity index (χ2v) is 9.00. The van der Waals surface area contributed by atoms with Gasteiger partial charge in [-0.25, -0.2) is 8.42 Å². The van der Waals surface area contributed by atoms with Crippen molar-refractivity contribution >= 4 is 27.3 Å². The van der Waals surface area contributed by atoms with Crippen molar-refractivity contribution in [1.29, 1.82) is 0 Å². The first-order valence-electron chi connectivity index (χ1n) is 9.85. The number of rotatable bonds is 7. The maximum atomic E-state index is 13.4. The lowest BCUT2D eigenvalue weighted by molar-refractivity contribution is -0.114. The number of nitrogens with one attached hydrogen (secondary N) is 1. The highest BCUT2D eigenvalue weighted by Crippen LogP contribution is 2.28. The molecule has 0 aliphatic heterocycles. The van der Waals surface area contributed by atoms with Gasteiger partial charge in [-0.2, -0.15) is 0 Å². The average molecular weight is 423 g/mol. The Balaban J connectivity index is 1.95. The van der Waals surface area contributed by atoms with Crippen LogP contribution in [0.4, 0.5) is 11.4 Å². The molecule has 0 saturated heterocycles. The summed E-state index contributed by atoms with van der Waals surface area (Å²) >= 11 is 0. The van der Waals surface area contributed by atoms with Crippen LogP contribution in [0.2, 0.25) is 0 Å². The molecule has 0 saturated carbocycles. The molecule has 1 amide bonds. The predicted octanol–water partition coefficient (Wildman–Crippen LogP) is 4.70. The van der Waals surface area contributed by atoms with Crippen LogP contribution in [0, 0.1) is 13.8 Å². The fourth-order valence-corrected chi connectivity index (χ4v) is 4.68. The zero-order valence-electron chi connectivity index (χ0n) is 17.4. The zero-order chi connectivity index (χ0) is 21.7. The molecular weight excluding hydrogens is 396 g/mol. The maximum Gasteiger partial charge on any atom is 0.264 e. The van der Waals surface area contributed by atoms with Gasteiger partial charge in [-0.05, 0) is 67.3 Å². The highest BCUT2D eigenvalue weighted by atomic mass is 32.2.